The van der Waals surface area contributed by atoms with Gasteiger partial charge in [0, 0.05) is 17.3 Å². The summed E-state index contributed by atoms with van der Waals surface area (Å²) in [5.74, 6) is 0.697. The molecule has 0 bridgehead atoms. The van der Waals surface area contributed by atoms with Gasteiger partial charge in [0.1, 0.15) is 17.9 Å². The number of amides is 1. The molecule has 1 atom stereocenters. The van der Waals surface area contributed by atoms with Crippen molar-refractivity contribution >= 4 is 22.7 Å². The van der Waals surface area contributed by atoms with Gasteiger partial charge in [-0.1, -0.05) is 36.4 Å². The lowest BCUT2D eigenvalue weighted by Crippen LogP contribution is -2.26. The fourth-order valence-corrected chi connectivity index (χ4v) is 2.80. The van der Waals surface area contributed by atoms with Crippen LogP contribution in [0, 0.1) is 0 Å². The highest BCUT2D eigenvalue weighted by molar-refractivity contribution is 5.89. The van der Waals surface area contributed by atoms with Gasteiger partial charge in [-0.25, -0.2) is 4.79 Å². The molecule has 1 unspecified atom stereocenters. The molecule has 3 aromatic rings. The molecule has 1 aliphatic heterocycles. The van der Waals surface area contributed by atoms with E-state index in [4.69, 9.17) is 9.47 Å². The fraction of sp³-hybridized carbons (Fsp3) is 0.158. The van der Waals surface area contributed by atoms with Crippen LogP contribution in [0.4, 0.5) is 10.5 Å². The van der Waals surface area contributed by atoms with Crippen molar-refractivity contribution in [3.63, 3.8) is 0 Å². The summed E-state index contributed by atoms with van der Waals surface area (Å²) in [6, 6.07) is 19.2. The Hall–Kier alpha value is -3.08. The summed E-state index contributed by atoms with van der Waals surface area (Å²) in [6.45, 7) is 0.770. The lowest BCUT2D eigenvalue weighted by molar-refractivity contribution is 0.105. The van der Waals surface area contributed by atoms with E-state index in [0.29, 0.717) is 18.9 Å². The molecule has 1 aromatic heterocycles. The average Bonchev–Trinajstić information content (AvgIpc) is 3.01. The van der Waals surface area contributed by atoms with Gasteiger partial charge in [0.15, 0.2) is 6.10 Å². The Bertz CT molecular complexity index is 861. The molecule has 5 heteroatoms. The van der Waals surface area contributed by atoms with Crippen LogP contribution in [0.5, 0.6) is 5.75 Å². The molecule has 1 fully saturated rings. The van der Waals surface area contributed by atoms with Crippen molar-refractivity contribution < 1.29 is 14.3 Å². The maximum Gasteiger partial charge on any atom is 0.414 e. The molecule has 5 nitrogen and oxygen atoms in total. The van der Waals surface area contributed by atoms with Gasteiger partial charge in [0.25, 0.3) is 0 Å². The Kier molecular flexibility index (Phi) is 3.75. The molecule has 0 radical (unpaired) electrons. The number of ether oxygens (including phenoxy) is 2. The monoisotopic (exact) mass is 320 g/mol. The van der Waals surface area contributed by atoms with Gasteiger partial charge in [0.2, 0.25) is 0 Å². The van der Waals surface area contributed by atoms with Gasteiger partial charge in [-0.05, 0) is 24.3 Å². The minimum absolute atomic E-state index is 0.296. The highest BCUT2D eigenvalue weighted by atomic mass is 16.6. The molecule has 4 rings (SSSR count). The number of benzene rings is 2. The molecule has 2 aromatic carbocycles. The van der Waals surface area contributed by atoms with Crippen LogP contribution >= 0.6 is 0 Å². The molecule has 0 spiro atoms. The lowest BCUT2D eigenvalue weighted by atomic mass is 10.2. The molecule has 0 saturated carbocycles. The zero-order chi connectivity index (χ0) is 16.4. The maximum atomic E-state index is 12.0. The number of aromatic nitrogens is 1. The van der Waals surface area contributed by atoms with Gasteiger partial charge in [-0.2, -0.15) is 0 Å². The Morgan fingerprint density at radius 2 is 1.92 bits per heavy atom. The molecular weight excluding hydrogens is 304 g/mol. The number of hydrogen-bond acceptors (Lipinski definition) is 4. The number of rotatable bonds is 4. The summed E-state index contributed by atoms with van der Waals surface area (Å²) in [7, 11) is 0. The molecule has 1 amide bonds. The molecule has 2 heterocycles. The van der Waals surface area contributed by atoms with E-state index in [2.05, 4.69) is 4.98 Å². The highest BCUT2D eigenvalue weighted by Gasteiger charge is 2.32. The standard InChI is InChI=1S/C19H16N2O3/c22-19-21(15-8-2-1-3-9-15)12-16(24-19)13-23-17-10-4-6-14-7-5-11-20-18(14)17/h1-11,16H,12-13H2. The zero-order valence-electron chi connectivity index (χ0n) is 13.0. The largest absolute Gasteiger partial charge is 0.487 e. The number of carbonyl (C=O) groups is 1. The molecule has 1 aliphatic rings. The molecule has 0 aliphatic carbocycles. The summed E-state index contributed by atoms with van der Waals surface area (Å²) in [5.41, 5.74) is 1.64. The summed E-state index contributed by atoms with van der Waals surface area (Å²) in [5, 5.41) is 1.02. The van der Waals surface area contributed by atoms with Crippen molar-refractivity contribution in [3.05, 3.63) is 66.9 Å². The van der Waals surface area contributed by atoms with Crippen LogP contribution in [0.1, 0.15) is 0 Å². The van der Waals surface area contributed by atoms with E-state index in [1.54, 1.807) is 11.1 Å². The van der Waals surface area contributed by atoms with Crippen molar-refractivity contribution in [1.29, 1.82) is 0 Å². The first-order chi connectivity index (χ1) is 11.8. The Balaban J connectivity index is 1.46. The minimum atomic E-state index is -0.342. The van der Waals surface area contributed by atoms with E-state index in [1.165, 1.54) is 0 Å². The number of nitrogens with zero attached hydrogens (tertiary/aromatic N) is 2. The van der Waals surface area contributed by atoms with Gasteiger partial charge in [-0.3, -0.25) is 9.88 Å². The normalized spacial score (nSPS) is 17.1. The molecule has 1 saturated heterocycles. The number of pyridine rings is 1. The van der Waals surface area contributed by atoms with Crippen LogP contribution in [-0.2, 0) is 4.74 Å². The lowest BCUT2D eigenvalue weighted by Gasteiger charge is -2.13. The van der Waals surface area contributed by atoms with Crippen LogP contribution in [0.25, 0.3) is 10.9 Å². The van der Waals surface area contributed by atoms with E-state index < -0.39 is 0 Å². The topological polar surface area (TPSA) is 51.7 Å². The summed E-state index contributed by atoms with van der Waals surface area (Å²) < 4.78 is 11.3. The number of para-hydroxylation sites is 2. The van der Waals surface area contributed by atoms with Crippen LogP contribution in [0.3, 0.4) is 0 Å². The third-order valence-corrected chi connectivity index (χ3v) is 3.96. The first-order valence-electron chi connectivity index (χ1n) is 7.81. The van der Waals surface area contributed by atoms with Crippen LogP contribution in [0.2, 0.25) is 0 Å². The van der Waals surface area contributed by atoms with Crippen molar-refractivity contribution in [3.8, 4) is 5.75 Å². The van der Waals surface area contributed by atoms with Crippen molar-refractivity contribution in [2.75, 3.05) is 18.1 Å². The maximum absolute atomic E-state index is 12.0. The molecule has 120 valence electrons. The number of anilines is 1. The molecule has 24 heavy (non-hydrogen) atoms. The number of fused-ring (bicyclic) bond motifs is 1. The van der Waals surface area contributed by atoms with Crippen LogP contribution in [0.15, 0.2) is 66.9 Å². The zero-order valence-corrected chi connectivity index (χ0v) is 13.0. The Morgan fingerprint density at radius 3 is 2.79 bits per heavy atom. The fourth-order valence-electron chi connectivity index (χ4n) is 2.80. The molecular formula is C19H16N2O3. The second kappa shape index (κ2) is 6.20. The van der Waals surface area contributed by atoms with Crippen LogP contribution in [-0.4, -0.2) is 30.3 Å². The predicted octanol–water partition coefficient (Wildman–Crippen LogP) is 3.64. The van der Waals surface area contributed by atoms with E-state index in [9.17, 15) is 4.79 Å². The second-order valence-electron chi connectivity index (χ2n) is 5.59. The van der Waals surface area contributed by atoms with Gasteiger partial charge in [0.05, 0.1) is 6.54 Å². The predicted molar refractivity (Wildman–Crippen MR) is 91.3 cm³/mol. The first-order valence-corrected chi connectivity index (χ1v) is 7.81. The van der Waals surface area contributed by atoms with Crippen LogP contribution < -0.4 is 9.64 Å². The van der Waals surface area contributed by atoms with E-state index >= 15 is 0 Å². The highest BCUT2D eigenvalue weighted by Crippen LogP contribution is 2.25. The van der Waals surface area contributed by atoms with E-state index in [-0.39, 0.29) is 12.2 Å². The van der Waals surface area contributed by atoms with Gasteiger partial charge < -0.3 is 9.47 Å². The number of hydrogen-bond donors (Lipinski definition) is 0. The van der Waals surface area contributed by atoms with Crippen molar-refractivity contribution in [1.82, 2.24) is 4.98 Å². The quantitative estimate of drug-likeness (QED) is 0.736. The van der Waals surface area contributed by atoms with Crippen molar-refractivity contribution in [2.24, 2.45) is 0 Å². The summed E-state index contributed by atoms with van der Waals surface area (Å²) in [4.78, 5) is 18.0. The second-order valence-corrected chi connectivity index (χ2v) is 5.59. The van der Waals surface area contributed by atoms with E-state index in [0.717, 1.165) is 16.6 Å². The number of cyclic esters (lactones) is 1. The summed E-state index contributed by atoms with van der Waals surface area (Å²) >= 11 is 0. The van der Waals surface area contributed by atoms with Crippen molar-refractivity contribution in [2.45, 2.75) is 6.10 Å². The average molecular weight is 320 g/mol. The van der Waals surface area contributed by atoms with Gasteiger partial charge in [-0.15, -0.1) is 0 Å². The molecule has 0 N–H and O–H groups in total. The SMILES string of the molecule is O=C1OC(COc2cccc3cccnc23)CN1c1ccccc1. The first kappa shape index (κ1) is 14.5. The van der Waals surface area contributed by atoms with E-state index in [1.807, 2.05) is 60.7 Å². The summed E-state index contributed by atoms with van der Waals surface area (Å²) in [6.07, 6.45) is 1.09. The third kappa shape index (κ3) is 2.76. The minimum Gasteiger partial charge on any atom is -0.487 e. The van der Waals surface area contributed by atoms with Gasteiger partial charge >= 0.3 is 6.09 Å². The smallest absolute Gasteiger partial charge is 0.414 e. The third-order valence-electron chi connectivity index (χ3n) is 3.96. The number of carbonyl (C=O) groups excluding carboxylic acids is 1. The Morgan fingerprint density at radius 1 is 1.08 bits per heavy atom. The Labute approximate surface area is 139 Å².